The molecule has 100 valence electrons. The minimum absolute atomic E-state index is 0.419. The lowest BCUT2D eigenvalue weighted by atomic mass is 10.1. The maximum absolute atomic E-state index is 6.19. The van der Waals surface area contributed by atoms with E-state index >= 15 is 0 Å². The van der Waals surface area contributed by atoms with Crippen LogP contribution in [0, 0.1) is 5.92 Å². The van der Waals surface area contributed by atoms with Gasteiger partial charge in [0.2, 0.25) is 0 Å². The predicted molar refractivity (Wildman–Crippen MR) is 77.3 cm³/mol. The minimum atomic E-state index is 0.419. The fourth-order valence-electron chi connectivity index (χ4n) is 2.41. The Labute approximate surface area is 111 Å². The molecule has 0 aromatic heterocycles. The average molecular weight is 246 g/mol. The normalized spacial score (nSPS) is 17.4. The molecule has 0 spiro atoms. The van der Waals surface area contributed by atoms with Crippen molar-refractivity contribution in [3.63, 3.8) is 0 Å². The van der Waals surface area contributed by atoms with E-state index in [2.05, 4.69) is 49.1 Å². The Balaban J connectivity index is 1.83. The number of hydrogen-bond acceptors (Lipinski definition) is 2. The van der Waals surface area contributed by atoms with E-state index in [1.807, 2.05) is 0 Å². The maximum atomic E-state index is 6.19. The first kappa shape index (κ1) is 13.6. The van der Waals surface area contributed by atoms with Crippen molar-refractivity contribution >= 4 is 0 Å². The second-order valence-electron chi connectivity index (χ2n) is 5.84. The lowest BCUT2D eigenvalue weighted by Crippen LogP contribution is -2.35. The van der Waals surface area contributed by atoms with Crippen molar-refractivity contribution < 1.29 is 0 Å². The number of hydrogen-bond donors (Lipinski definition) is 1. The summed E-state index contributed by atoms with van der Waals surface area (Å²) in [5.41, 5.74) is 7.59. The Morgan fingerprint density at radius 2 is 1.89 bits per heavy atom. The van der Waals surface area contributed by atoms with Gasteiger partial charge in [0.15, 0.2) is 0 Å². The van der Waals surface area contributed by atoms with Gasteiger partial charge < -0.3 is 5.73 Å². The van der Waals surface area contributed by atoms with Gasteiger partial charge in [-0.05, 0) is 44.6 Å². The molecule has 1 fully saturated rings. The van der Waals surface area contributed by atoms with Gasteiger partial charge in [-0.3, -0.25) is 4.90 Å². The maximum Gasteiger partial charge on any atom is 0.0236 e. The van der Waals surface area contributed by atoms with Crippen LogP contribution in [0.25, 0.3) is 0 Å². The molecule has 0 saturated heterocycles. The van der Waals surface area contributed by atoms with Crippen LogP contribution in [-0.2, 0) is 6.54 Å². The quantitative estimate of drug-likeness (QED) is 0.801. The Kier molecular flexibility index (Phi) is 4.79. The summed E-state index contributed by atoms with van der Waals surface area (Å²) >= 11 is 0. The van der Waals surface area contributed by atoms with Crippen LogP contribution in [0.2, 0.25) is 0 Å². The van der Waals surface area contributed by atoms with Crippen LogP contribution < -0.4 is 5.73 Å². The summed E-state index contributed by atoms with van der Waals surface area (Å²) < 4.78 is 0. The first-order valence-electron chi connectivity index (χ1n) is 7.20. The molecule has 1 atom stereocenters. The van der Waals surface area contributed by atoms with Crippen molar-refractivity contribution in [1.29, 1.82) is 0 Å². The molecule has 1 aliphatic rings. The lowest BCUT2D eigenvalue weighted by molar-refractivity contribution is 0.202. The molecule has 1 unspecified atom stereocenters. The van der Waals surface area contributed by atoms with E-state index in [1.54, 1.807) is 0 Å². The molecule has 1 saturated carbocycles. The number of rotatable bonds is 7. The first-order chi connectivity index (χ1) is 8.66. The Morgan fingerprint density at radius 3 is 2.44 bits per heavy atom. The molecule has 1 aromatic rings. The molecule has 2 rings (SSSR count). The second-order valence-corrected chi connectivity index (χ2v) is 5.84. The third kappa shape index (κ3) is 4.11. The van der Waals surface area contributed by atoms with Gasteiger partial charge in [-0.1, -0.05) is 30.3 Å². The SMILES string of the molecule is CC(C)N(CCC(N)C1CC1)Cc1ccccc1. The summed E-state index contributed by atoms with van der Waals surface area (Å²) in [6, 6.07) is 11.7. The van der Waals surface area contributed by atoms with Crippen LogP contribution >= 0.6 is 0 Å². The molecule has 1 aromatic carbocycles. The highest BCUT2D eigenvalue weighted by Gasteiger charge is 2.28. The highest BCUT2D eigenvalue weighted by Crippen LogP contribution is 2.32. The molecule has 2 nitrogen and oxygen atoms in total. The fourth-order valence-corrected chi connectivity index (χ4v) is 2.41. The number of nitrogens with zero attached hydrogens (tertiary/aromatic N) is 1. The molecule has 0 amide bonds. The van der Waals surface area contributed by atoms with Crippen molar-refractivity contribution in [2.75, 3.05) is 6.54 Å². The van der Waals surface area contributed by atoms with E-state index < -0.39 is 0 Å². The molecule has 0 radical (unpaired) electrons. The van der Waals surface area contributed by atoms with E-state index in [0.717, 1.165) is 25.4 Å². The van der Waals surface area contributed by atoms with Crippen LogP contribution in [0.3, 0.4) is 0 Å². The van der Waals surface area contributed by atoms with Gasteiger partial charge in [0.1, 0.15) is 0 Å². The van der Waals surface area contributed by atoms with Crippen molar-refractivity contribution in [1.82, 2.24) is 4.90 Å². The van der Waals surface area contributed by atoms with Crippen LogP contribution in [0.4, 0.5) is 0 Å². The topological polar surface area (TPSA) is 29.3 Å². The Hall–Kier alpha value is -0.860. The molecule has 2 heteroatoms. The molecule has 2 N–H and O–H groups in total. The van der Waals surface area contributed by atoms with Crippen LogP contribution in [-0.4, -0.2) is 23.5 Å². The fraction of sp³-hybridized carbons (Fsp3) is 0.625. The van der Waals surface area contributed by atoms with Crippen molar-refractivity contribution in [2.24, 2.45) is 11.7 Å². The van der Waals surface area contributed by atoms with E-state index in [4.69, 9.17) is 5.73 Å². The number of nitrogens with two attached hydrogens (primary N) is 1. The third-order valence-corrected chi connectivity index (χ3v) is 3.94. The van der Waals surface area contributed by atoms with Gasteiger partial charge in [-0.15, -0.1) is 0 Å². The van der Waals surface area contributed by atoms with Gasteiger partial charge >= 0.3 is 0 Å². The van der Waals surface area contributed by atoms with Gasteiger partial charge in [-0.2, -0.15) is 0 Å². The highest BCUT2D eigenvalue weighted by molar-refractivity contribution is 5.14. The van der Waals surface area contributed by atoms with E-state index in [1.165, 1.54) is 18.4 Å². The van der Waals surface area contributed by atoms with Crippen LogP contribution in [0.15, 0.2) is 30.3 Å². The minimum Gasteiger partial charge on any atom is -0.327 e. The number of benzene rings is 1. The summed E-state index contributed by atoms with van der Waals surface area (Å²) in [5, 5.41) is 0. The molecular weight excluding hydrogens is 220 g/mol. The monoisotopic (exact) mass is 246 g/mol. The summed E-state index contributed by atoms with van der Waals surface area (Å²) in [6.07, 6.45) is 3.83. The molecular formula is C16H26N2. The van der Waals surface area contributed by atoms with Crippen molar-refractivity contribution in [3.05, 3.63) is 35.9 Å². The smallest absolute Gasteiger partial charge is 0.0236 e. The van der Waals surface area contributed by atoms with Crippen LogP contribution in [0.5, 0.6) is 0 Å². The molecule has 18 heavy (non-hydrogen) atoms. The predicted octanol–water partition coefficient (Wildman–Crippen LogP) is 3.02. The van der Waals surface area contributed by atoms with Crippen LogP contribution in [0.1, 0.15) is 38.7 Å². The van der Waals surface area contributed by atoms with Gasteiger partial charge in [0.25, 0.3) is 0 Å². The van der Waals surface area contributed by atoms with Crippen molar-refractivity contribution in [2.45, 2.75) is 51.7 Å². The summed E-state index contributed by atoms with van der Waals surface area (Å²) in [5.74, 6) is 0.815. The summed E-state index contributed by atoms with van der Waals surface area (Å²) in [6.45, 7) is 6.69. The zero-order valence-corrected chi connectivity index (χ0v) is 11.7. The van der Waals surface area contributed by atoms with Gasteiger partial charge in [-0.25, -0.2) is 0 Å². The van der Waals surface area contributed by atoms with E-state index in [0.29, 0.717) is 12.1 Å². The van der Waals surface area contributed by atoms with E-state index in [-0.39, 0.29) is 0 Å². The first-order valence-corrected chi connectivity index (χ1v) is 7.20. The lowest BCUT2D eigenvalue weighted by Gasteiger charge is -2.27. The Morgan fingerprint density at radius 1 is 1.22 bits per heavy atom. The Bertz CT molecular complexity index is 343. The third-order valence-electron chi connectivity index (χ3n) is 3.94. The largest absolute Gasteiger partial charge is 0.327 e. The summed E-state index contributed by atoms with van der Waals surface area (Å²) in [7, 11) is 0. The molecule has 0 bridgehead atoms. The summed E-state index contributed by atoms with van der Waals surface area (Å²) in [4.78, 5) is 2.53. The standard InChI is InChI=1S/C16H26N2/c1-13(2)18(11-10-16(17)15-8-9-15)12-14-6-4-3-5-7-14/h3-7,13,15-16H,8-12,17H2,1-2H3. The zero-order valence-electron chi connectivity index (χ0n) is 11.7. The molecule has 0 heterocycles. The molecule has 0 aliphatic heterocycles. The van der Waals surface area contributed by atoms with Gasteiger partial charge in [0.05, 0.1) is 0 Å². The second kappa shape index (κ2) is 6.35. The van der Waals surface area contributed by atoms with Crippen molar-refractivity contribution in [3.8, 4) is 0 Å². The van der Waals surface area contributed by atoms with E-state index in [9.17, 15) is 0 Å². The average Bonchev–Trinajstić information content (AvgIpc) is 3.19. The molecule has 1 aliphatic carbocycles. The van der Waals surface area contributed by atoms with Gasteiger partial charge in [0, 0.05) is 25.2 Å². The zero-order chi connectivity index (χ0) is 13.0. The highest BCUT2D eigenvalue weighted by atomic mass is 15.1.